The van der Waals surface area contributed by atoms with Crippen LogP contribution in [0, 0.1) is 23.2 Å². The highest BCUT2D eigenvalue weighted by Crippen LogP contribution is 2.58. The lowest BCUT2D eigenvalue weighted by molar-refractivity contribution is -0.177. The molecule has 1 heterocycles. The highest BCUT2D eigenvalue weighted by atomic mass is 16.5. The minimum absolute atomic E-state index is 0.144. The topological polar surface area (TPSA) is 63.6 Å². The fourth-order valence-electron chi connectivity index (χ4n) is 4.53. The SMILES string of the molecule is CC1C(=O)[C@@H](O)[C@H]2[C@H](C)CC[C@@H]3OC(=O)C=C1[C@]23C. The van der Waals surface area contributed by atoms with Gasteiger partial charge in [0.1, 0.15) is 12.2 Å². The maximum atomic E-state index is 12.2. The Morgan fingerprint density at radius 2 is 2.00 bits per heavy atom. The summed E-state index contributed by atoms with van der Waals surface area (Å²) >= 11 is 0. The van der Waals surface area contributed by atoms with Gasteiger partial charge in [-0.05, 0) is 24.3 Å². The van der Waals surface area contributed by atoms with Crippen LogP contribution in [0.25, 0.3) is 0 Å². The van der Waals surface area contributed by atoms with Crippen molar-refractivity contribution in [1.29, 1.82) is 0 Å². The standard InChI is InChI=1S/C15H20O4/c1-7-4-5-10-15(3)9(6-11(16)19-10)8(2)13(17)14(18)12(7)15/h6-8,10,12,14,18H,4-5H2,1-3H3/t7-,8?,10+,12-,14+,15+/m1/s1. The van der Waals surface area contributed by atoms with E-state index in [1.165, 1.54) is 6.08 Å². The van der Waals surface area contributed by atoms with Gasteiger partial charge in [0.05, 0.1) is 0 Å². The van der Waals surface area contributed by atoms with Crippen LogP contribution in [0.2, 0.25) is 0 Å². The average molecular weight is 264 g/mol. The number of ether oxygens (including phenoxy) is 1. The number of rotatable bonds is 0. The molecule has 19 heavy (non-hydrogen) atoms. The molecule has 1 unspecified atom stereocenters. The Balaban J connectivity index is 2.18. The van der Waals surface area contributed by atoms with Gasteiger partial charge in [-0.15, -0.1) is 0 Å². The van der Waals surface area contributed by atoms with Crippen LogP contribution in [0.3, 0.4) is 0 Å². The van der Waals surface area contributed by atoms with Gasteiger partial charge in [-0.25, -0.2) is 4.79 Å². The molecule has 0 aromatic carbocycles. The summed E-state index contributed by atoms with van der Waals surface area (Å²) in [6.07, 6.45) is 2.03. The zero-order valence-corrected chi connectivity index (χ0v) is 11.6. The molecule has 104 valence electrons. The third-order valence-corrected chi connectivity index (χ3v) is 5.54. The largest absolute Gasteiger partial charge is 0.458 e. The molecule has 0 amide bonds. The lowest BCUT2D eigenvalue weighted by atomic mass is 9.50. The van der Waals surface area contributed by atoms with E-state index in [-0.39, 0.29) is 29.7 Å². The number of Topliss-reactive ketones (excluding diaryl/α,β-unsaturated/α-hetero) is 1. The van der Waals surface area contributed by atoms with Crippen molar-refractivity contribution >= 4 is 11.8 Å². The van der Waals surface area contributed by atoms with Gasteiger partial charge in [0.2, 0.25) is 0 Å². The van der Waals surface area contributed by atoms with Crippen molar-refractivity contribution in [2.24, 2.45) is 23.2 Å². The van der Waals surface area contributed by atoms with Crippen molar-refractivity contribution in [3.05, 3.63) is 11.6 Å². The second kappa shape index (κ2) is 3.92. The monoisotopic (exact) mass is 264 g/mol. The number of ketones is 1. The van der Waals surface area contributed by atoms with Gasteiger partial charge in [0.15, 0.2) is 5.78 Å². The van der Waals surface area contributed by atoms with Crippen molar-refractivity contribution in [3.8, 4) is 0 Å². The molecule has 4 nitrogen and oxygen atoms in total. The predicted molar refractivity (Wildman–Crippen MR) is 68.1 cm³/mol. The third kappa shape index (κ3) is 1.49. The first-order chi connectivity index (χ1) is 8.87. The zero-order valence-electron chi connectivity index (χ0n) is 11.6. The molecule has 2 fully saturated rings. The Morgan fingerprint density at radius 3 is 2.68 bits per heavy atom. The number of aliphatic hydroxyl groups is 1. The molecule has 0 radical (unpaired) electrons. The van der Waals surface area contributed by atoms with Crippen molar-refractivity contribution in [2.45, 2.75) is 45.8 Å². The minimum Gasteiger partial charge on any atom is -0.458 e. The summed E-state index contributed by atoms with van der Waals surface area (Å²) in [4.78, 5) is 23.9. The lowest BCUT2D eigenvalue weighted by Gasteiger charge is -2.57. The van der Waals surface area contributed by atoms with Gasteiger partial charge in [-0.1, -0.05) is 20.8 Å². The third-order valence-electron chi connectivity index (χ3n) is 5.54. The summed E-state index contributed by atoms with van der Waals surface area (Å²) in [6.45, 7) is 5.91. The molecule has 0 spiro atoms. The molecule has 0 saturated heterocycles. The van der Waals surface area contributed by atoms with Gasteiger partial charge >= 0.3 is 5.97 Å². The second-order valence-corrected chi connectivity index (χ2v) is 6.46. The molecular weight excluding hydrogens is 244 g/mol. The van der Waals surface area contributed by atoms with E-state index in [0.717, 1.165) is 18.4 Å². The first kappa shape index (κ1) is 12.9. The van der Waals surface area contributed by atoms with Crippen LogP contribution in [0.15, 0.2) is 11.6 Å². The number of aliphatic hydroxyl groups excluding tert-OH is 1. The van der Waals surface area contributed by atoms with Crippen LogP contribution in [0.1, 0.15) is 33.6 Å². The highest BCUT2D eigenvalue weighted by Gasteiger charge is 2.61. The molecule has 3 aliphatic rings. The number of esters is 1. The molecule has 1 aliphatic heterocycles. The van der Waals surface area contributed by atoms with E-state index in [4.69, 9.17) is 4.74 Å². The minimum atomic E-state index is -0.938. The predicted octanol–water partition coefficient (Wildman–Crippen LogP) is 1.47. The van der Waals surface area contributed by atoms with Crippen LogP contribution < -0.4 is 0 Å². The van der Waals surface area contributed by atoms with E-state index in [9.17, 15) is 14.7 Å². The molecule has 3 rings (SSSR count). The van der Waals surface area contributed by atoms with E-state index < -0.39 is 17.4 Å². The first-order valence-electron chi connectivity index (χ1n) is 7.01. The van der Waals surface area contributed by atoms with Gasteiger partial charge < -0.3 is 9.84 Å². The van der Waals surface area contributed by atoms with E-state index in [1.807, 2.05) is 6.92 Å². The molecule has 6 atom stereocenters. The van der Waals surface area contributed by atoms with Crippen LogP contribution in [-0.4, -0.2) is 29.1 Å². The summed E-state index contributed by atoms with van der Waals surface area (Å²) in [6, 6.07) is 0. The Hall–Kier alpha value is -1.16. The van der Waals surface area contributed by atoms with Gasteiger partial charge in [-0.3, -0.25) is 4.79 Å². The molecule has 0 bridgehead atoms. The van der Waals surface area contributed by atoms with Crippen LogP contribution in [-0.2, 0) is 14.3 Å². The highest BCUT2D eigenvalue weighted by molar-refractivity contribution is 5.93. The van der Waals surface area contributed by atoms with E-state index >= 15 is 0 Å². The van der Waals surface area contributed by atoms with Gasteiger partial charge in [-0.2, -0.15) is 0 Å². The first-order valence-corrected chi connectivity index (χ1v) is 7.01. The quantitative estimate of drug-likeness (QED) is 0.673. The Bertz CT molecular complexity index is 481. The average Bonchev–Trinajstić information content (AvgIpc) is 2.35. The van der Waals surface area contributed by atoms with Crippen molar-refractivity contribution < 1.29 is 19.4 Å². The maximum Gasteiger partial charge on any atom is 0.331 e. The lowest BCUT2D eigenvalue weighted by Crippen LogP contribution is -2.62. The molecule has 2 aliphatic carbocycles. The summed E-state index contributed by atoms with van der Waals surface area (Å²) in [5, 5.41) is 10.4. The number of carbonyl (C=O) groups is 2. The Labute approximate surface area is 112 Å². The van der Waals surface area contributed by atoms with Crippen molar-refractivity contribution in [2.75, 3.05) is 0 Å². The molecule has 0 aromatic rings. The smallest absolute Gasteiger partial charge is 0.331 e. The van der Waals surface area contributed by atoms with Gasteiger partial charge in [0, 0.05) is 23.3 Å². The summed E-state index contributed by atoms with van der Waals surface area (Å²) in [5.74, 6) is -0.781. The van der Waals surface area contributed by atoms with E-state index in [1.54, 1.807) is 6.92 Å². The second-order valence-electron chi connectivity index (χ2n) is 6.46. The van der Waals surface area contributed by atoms with Crippen molar-refractivity contribution in [1.82, 2.24) is 0 Å². The summed E-state index contributed by atoms with van der Waals surface area (Å²) in [5.41, 5.74) is 0.471. The fourth-order valence-corrected chi connectivity index (χ4v) is 4.53. The number of carbonyl (C=O) groups excluding carboxylic acids is 2. The summed E-state index contributed by atoms with van der Waals surface area (Å²) in [7, 11) is 0. The fraction of sp³-hybridized carbons (Fsp3) is 0.733. The van der Waals surface area contributed by atoms with Crippen LogP contribution >= 0.6 is 0 Å². The van der Waals surface area contributed by atoms with Crippen molar-refractivity contribution in [3.63, 3.8) is 0 Å². The zero-order chi connectivity index (χ0) is 13.9. The number of hydrogen-bond acceptors (Lipinski definition) is 4. The van der Waals surface area contributed by atoms with Crippen LogP contribution in [0.4, 0.5) is 0 Å². The van der Waals surface area contributed by atoms with E-state index in [2.05, 4.69) is 6.92 Å². The summed E-state index contributed by atoms with van der Waals surface area (Å²) < 4.78 is 5.47. The molecule has 0 aromatic heterocycles. The van der Waals surface area contributed by atoms with E-state index in [0.29, 0.717) is 0 Å². The maximum absolute atomic E-state index is 12.2. The molecular formula is C15H20O4. The molecule has 4 heteroatoms. The number of hydrogen-bond donors (Lipinski definition) is 1. The van der Waals surface area contributed by atoms with Gasteiger partial charge in [0.25, 0.3) is 0 Å². The normalized spacial score (nSPS) is 49.3. The van der Waals surface area contributed by atoms with Crippen LogP contribution in [0.5, 0.6) is 0 Å². The Morgan fingerprint density at radius 1 is 1.32 bits per heavy atom. The Kier molecular flexibility index (Phi) is 2.65. The molecule has 2 saturated carbocycles. The molecule has 1 N–H and O–H groups in total.